The molecular weight excluding hydrogens is 396 g/mol. The molecule has 1 unspecified atom stereocenters. The van der Waals surface area contributed by atoms with Crippen molar-refractivity contribution in [2.75, 3.05) is 26.2 Å². The summed E-state index contributed by atoms with van der Waals surface area (Å²) < 4.78 is 11.7. The van der Waals surface area contributed by atoms with Gasteiger partial charge in [-0.25, -0.2) is 0 Å². The fourth-order valence-corrected chi connectivity index (χ4v) is 4.32. The highest BCUT2D eigenvalue weighted by Crippen LogP contribution is 2.28. The summed E-state index contributed by atoms with van der Waals surface area (Å²) in [5, 5.41) is 9.07. The van der Waals surface area contributed by atoms with Crippen LogP contribution in [0.25, 0.3) is 11.1 Å². The molecule has 4 rings (SSSR count). The van der Waals surface area contributed by atoms with E-state index in [9.17, 15) is 0 Å². The van der Waals surface area contributed by atoms with E-state index < -0.39 is 0 Å². The molecule has 1 atom stereocenters. The molecule has 32 heavy (non-hydrogen) atoms. The molecule has 2 heterocycles. The topological polar surface area (TPSA) is 49.4 Å². The summed E-state index contributed by atoms with van der Waals surface area (Å²) in [6.07, 6.45) is 6.45. The summed E-state index contributed by atoms with van der Waals surface area (Å²) in [7, 11) is 0. The molecule has 1 aromatic heterocycles. The predicted molar refractivity (Wildman–Crippen MR) is 127 cm³/mol. The van der Waals surface area contributed by atoms with Crippen LogP contribution in [0.5, 0.6) is 0 Å². The van der Waals surface area contributed by atoms with Crippen LogP contribution in [-0.4, -0.2) is 31.1 Å². The molecule has 0 bridgehead atoms. The molecule has 1 fully saturated rings. The summed E-state index contributed by atoms with van der Waals surface area (Å²) >= 11 is 0. The van der Waals surface area contributed by atoms with Crippen molar-refractivity contribution in [2.45, 2.75) is 38.2 Å². The molecule has 0 aliphatic carbocycles. The van der Waals surface area contributed by atoms with Crippen molar-refractivity contribution in [2.24, 2.45) is 0 Å². The van der Waals surface area contributed by atoms with E-state index in [2.05, 4.69) is 36.1 Å². The average Bonchev–Trinajstić information content (AvgIpc) is 3.39. The molecule has 4 heteroatoms. The van der Waals surface area contributed by atoms with E-state index in [1.807, 2.05) is 36.4 Å². The van der Waals surface area contributed by atoms with Crippen LogP contribution in [0.4, 0.5) is 0 Å². The molecule has 1 saturated heterocycles. The molecule has 0 saturated carbocycles. The number of piperidine rings is 1. The van der Waals surface area contributed by atoms with Crippen molar-refractivity contribution in [3.05, 3.63) is 90.2 Å². The third-order valence-electron chi connectivity index (χ3n) is 6.22. The Kier molecular flexibility index (Phi) is 7.77. The van der Waals surface area contributed by atoms with Crippen LogP contribution in [-0.2, 0) is 17.8 Å². The summed E-state index contributed by atoms with van der Waals surface area (Å²) in [4.78, 5) is 2.50. The van der Waals surface area contributed by atoms with E-state index in [4.69, 9.17) is 14.4 Å². The number of nitrogens with zero attached hydrogens (tertiary/aromatic N) is 2. The van der Waals surface area contributed by atoms with Gasteiger partial charge in [0, 0.05) is 12.5 Å². The van der Waals surface area contributed by atoms with Crippen molar-refractivity contribution in [1.82, 2.24) is 4.90 Å². The van der Waals surface area contributed by atoms with Gasteiger partial charge >= 0.3 is 0 Å². The number of hydrogen-bond acceptors (Lipinski definition) is 4. The minimum absolute atomic E-state index is 0.0536. The van der Waals surface area contributed by atoms with Crippen LogP contribution in [0, 0.1) is 18.3 Å². The van der Waals surface area contributed by atoms with Gasteiger partial charge in [0.25, 0.3) is 0 Å². The minimum atomic E-state index is 0.0536. The SMILES string of the molecule is [CH2]C(Cc1ccc(-c2ccc(C#N)cc2)cc1COCCN1CCCCC1)c1ccco1. The molecule has 0 N–H and O–H groups in total. The number of benzene rings is 2. The molecule has 4 nitrogen and oxygen atoms in total. The first-order valence-corrected chi connectivity index (χ1v) is 11.5. The normalized spacial score (nSPS) is 15.4. The van der Waals surface area contributed by atoms with Gasteiger partial charge in [0.05, 0.1) is 31.1 Å². The monoisotopic (exact) mass is 427 g/mol. The molecule has 2 aromatic carbocycles. The lowest BCUT2D eigenvalue weighted by Gasteiger charge is -2.26. The Balaban J connectivity index is 1.48. The Labute approximate surface area is 191 Å². The maximum absolute atomic E-state index is 9.07. The van der Waals surface area contributed by atoms with Gasteiger partial charge < -0.3 is 14.1 Å². The van der Waals surface area contributed by atoms with Crippen molar-refractivity contribution in [3.63, 3.8) is 0 Å². The second kappa shape index (κ2) is 11.1. The number of furan rings is 1. The molecular formula is C28H31N2O2. The summed E-state index contributed by atoms with van der Waals surface area (Å²) in [6.45, 7) is 9.00. The second-order valence-electron chi connectivity index (χ2n) is 8.54. The fraction of sp³-hybridized carbons (Fsp3) is 0.357. The van der Waals surface area contributed by atoms with Gasteiger partial charge in [0.2, 0.25) is 0 Å². The van der Waals surface area contributed by atoms with Crippen LogP contribution in [0.3, 0.4) is 0 Å². The molecule has 1 aliphatic heterocycles. The highest BCUT2D eigenvalue weighted by molar-refractivity contribution is 5.65. The van der Waals surface area contributed by atoms with Crippen LogP contribution < -0.4 is 0 Å². The van der Waals surface area contributed by atoms with Crippen LogP contribution >= 0.6 is 0 Å². The van der Waals surface area contributed by atoms with Gasteiger partial charge in [-0.1, -0.05) is 30.7 Å². The molecule has 0 spiro atoms. The third kappa shape index (κ3) is 5.88. The third-order valence-corrected chi connectivity index (χ3v) is 6.22. The van der Waals surface area contributed by atoms with Crippen molar-refractivity contribution >= 4 is 0 Å². The Hall–Kier alpha value is -2.87. The predicted octanol–water partition coefficient (Wildman–Crippen LogP) is 5.98. The maximum Gasteiger partial charge on any atom is 0.107 e. The van der Waals surface area contributed by atoms with Gasteiger partial charge in [-0.05, 0) is 91.9 Å². The second-order valence-corrected chi connectivity index (χ2v) is 8.54. The smallest absolute Gasteiger partial charge is 0.107 e. The summed E-state index contributed by atoms with van der Waals surface area (Å²) in [5.74, 6) is 0.955. The Morgan fingerprint density at radius 1 is 1.00 bits per heavy atom. The summed E-state index contributed by atoms with van der Waals surface area (Å²) in [6, 6.07) is 20.3. The fourth-order valence-electron chi connectivity index (χ4n) is 4.32. The first kappa shape index (κ1) is 22.3. The van der Waals surface area contributed by atoms with E-state index >= 15 is 0 Å². The lowest BCUT2D eigenvalue weighted by Crippen LogP contribution is -2.32. The Morgan fingerprint density at radius 3 is 2.50 bits per heavy atom. The molecule has 1 aliphatic rings. The van der Waals surface area contributed by atoms with Crippen molar-refractivity contribution < 1.29 is 9.15 Å². The lowest BCUT2D eigenvalue weighted by molar-refractivity contribution is 0.0859. The van der Waals surface area contributed by atoms with Crippen LogP contribution in [0.1, 0.15) is 47.6 Å². The largest absolute Gasteiger partial charge is 0.469 e. The molecule has 165 valence electrons. The zero-order chi connectivity index (χ0) is 22.2. The Bertz CT molecular complexity index is 1010. The first-order chi connectivity index (χ1) is 15.7. The highest BCUT2D eigenvalue weighted by Gasteiger charge is 2.14. The highest BCUT2D eigenvalue weighted by atomic mass is 16.5. The maximum atomic E-state index is 9.07. The number of hydrogen-bond donors (Lipinski definition) is 0. The number of ether oxygens (including phenoxy) is 1. The number of likely N-dealkylation sites (tertiary alicyclic amines) is 1. The first-order valence-electron chi connectivity index (χ1n) is 11.5. The van der Waals surface area contributed by atoms with Gasteiger partial charge in [0.1, 0.15) is 5.76 Å². The van der Waals surface area contributed by atoms with E-state index in [-0.39, 0.29) is 5.92 Å². The van der Waals surface area contributed by atoms with E-state index in [1.165, 1.54) is 43.5 Å². The van der Waals surface area contributed by atoms with Gasteiger partial charge in [-0.2, -0.15) is 5.26 Å². The zero-order valence-electron chi connectivity index (χ0n) is 18.6. The van der Waals surface area contributed by atoms with E-state index in [1.54, 1.807) is 6.26 Å². The van der Waals surface area contributed by atoms with Gasteiger partial charge in [-0.3, -0.25) is 0 Å². The van der Waals surface area contributed by atoms with Gasteiger partial charge in [0.15, 0.2) is 0 Å². The summed E-state index contributed by atoms with van der Waals surface area (Å²) in [5.41, 5.74) is 5.32. The van der Waals surface area contributed by atoms with Crippen LogP contribution in [0.2, 0.25) is 0 Å². The minimum Gasteiger partial charge on any atom is -0.469 e. The van der Waals surface area contributed by atoms with E-state index in [0.717, 1.165) is 36.5 Å². The van der Waals surface area contributed by atoms with Crippen LogP contribution in [0.15, 0.2) is 65.3 Å². The molecule has 3 aromatic rings. The standard InChI is InChI=1S/C28H31N2O2/c1-22(28-6-5-16-32-28)18-25-11-12-26(24-9-7-23(20-29)8-10-24)19-27(25)21-31-17-15-30-13-3-2-4-14-30/h5-12,16,19,22H,1-4,13-15,17-18,21H2. The lowest BCUT2D eigenvalue weighted by atomic mass is 9.92. The van der Waals surface area contributed by atoms with Crippen molar-refractivity contribution in [3.8, 4) is 17.2 Å². The Morgan fingerprint density at radius 2 is 1.78 bits per heavy atom. The quantitative estimate of drug-likeness (QED) is 0.394. The van der Waals surface area contributed by atoms with Gasteiger partial charge in [-0.15, -0.1) is 0 Å². The molecule has 1 radical (unpaired) electrons. The van der Waals surface area contributed by atoms with E-state index in [0.29, 0.717) is 12.2 Å². The molecule has 0 amide bonds. The number of nitriles is 1. The number of rotatable bonds is 9. The zero-order valence-corrected chi connectivity index (χ0v) is 18.6. The van der Waals surface area contributed by atoms with Crippen molar-refractivity contribution in [1.29, 1.82) is 5.26 Å². The average molecular weight is 428 g/mol.